The molecule has 0 amide bonds. The first-order valence-electron chi connectivity index (χ1n) is 6.79. The Balaban J connectivity index is 2.31. The first kappa shape index (κ1) is 15.4. The molecule has 0 fully saturated rings. The fourth-order valence-corrected chi connectivity index (χ4v) is 2.42. The van der Waals surface area contributed by atoms with Gasteiger partial charge in [0.25, 0.3) is 0 Å². The van der Waals surface area contributed by atoms with Crippen LogP contribution in [-0.2, 0) is 6.18 Å². The molecule has 112 valence electrons. The van der Waals surface area contributed by atoms with Crippen LogP contribution in [-0.4, -0.2) is 0 Å². The highest BCUT2D eigenvalue weighted by atomic mass is 19.4. The van der Waals surface area contributed by atoms with E-state index < -0.39 is 17.8 Å². The van der Waals surface area contributed by atoms with Gasteiger partial charge in [-0.3, -0.25) is 0 Å². The van der Waals surface area contributed by atoms with Crippen molar-refractivity contribution in [1.82, 2.24) is 0 Å². The average molecular weight is 293 g/mol. The smallest absolute Gasteiger partial charge is 0.378 e. The summed E-state index contributed by atoms with van der Waals surface area (Å²) in [5.41, 5.74) is 2.66. The van der Waals surface area contributed by atoms with Crippen LogP contribution in [0.5, 0.6) is 0 Å². The van der Waals surface area contributed by atoms with Crippen LogP contribution < -0.4 is 5.32 Å². The zero-order valence-corrected chi connectivity index (χ0v) is 12.3. The van der Waals surface area contributed by atoms with Gasteiger partial charge >= 0.3 is 6.18 Å². The zero-order chi connectivity index (χ0) is 15.6. The maximum Gasteiger partial charge on any atom is 0.416 e. The monoisotopic (exact) mass is 293 g/mol. The van der Waals surface area contributed by atoms with Crippen molar-refractivity contribution in [1.29, 1.82) is 0 Å². The topological polar surface area (TPSA) is 12.0 Å². The fraction of sp³-hybridized carbons (Fsp3) is 0.294. The Morgan fingerprint density at radius 2 is 1.67 bits per heavy atom. The summed E-state index contributed by atoms with van der Waals surface area (Å²) >= 11 is 0. The predicted molar refractivity (Wildman–Crippen MR) is 79.4 cm³/mol. The average Bonchev–Trinajstić information content (AvgIpc) is 2.41. The van der Waals surface area contributed by atoms with Gasteiger partial charge in [-0.2, -0.15) is 13.2 Å². The third-order valence-electron chi connectivity index (χ3n) is 3.49. The summed E-state index contributed by atoms with van der Waals surface area (Å²) < 4.78 is 39.2. The van der Waals surface area contributed by atoms with E-state index in [4.69, 9.17) is 0 Å². The van der Waals surface area contributed by atoms with Gasteiger partial charge in [0.2, 0.25) is 0 Å². The summed E-state index contributed by atoms with van der Waals surface area (Å²) in [6.45, 7) is 5.67. The van der Waals surface area contributed by atoms with Gasteiger partial charge in [-0.05, 0) is 44.0 Å². The lowest BCUT2D eigenvalue weighted by molar-refractivity contribution is -0.138. The molecular weight excluding hydrogens is 275 g/mol. The van der Waals surface area contributed by atoms with Gasteiger partial charge < -0.3 is 5.32 Å². The van der Waals surface area contributed by atoms with Crippen LogP contribution in [0.1, 0.15) is 35.2 Å². The number of benzene rings is 2. The van der Waals surface area contributed by atoms with Crippen LogP contribution in [0, 0.1) is 13.8 Å². The largest absolute Gasteiger partial charge is 0.416 e. The molecule has 0 heterocycles. The molecule has 1 nitrogen and oxygen atoms in total. The van der Waals surface area contributed by atoms with Crippen LogP contribution in [0.3, 0.4) is 0 Å². The SMILES string of the molecule is Cc1ccc(NC(C)c2ccccc2C(F)(F)F)c(C)c1. The van der Waals surface area contributed by atoms with Gasteiger partial charge in [0.05, 0.1) is 5.56 Å². The summed E-state index contributed by atoms with van der Waals surface area (Å²) in [5.74, 6) is 0. The minimum Gasteiger partial charge on any atom is -0.378 e. The Kier molecular flexibility index (Phi) is 4.26. The number of hydrogen-bond acceptors (Lipinski definition) is 1. The van der Waals surface area contributed by atoms with Crippen LogP contribution in [0.4, 0.5) is 18.9 Å². The number of aryl methyl sites for hydroxylation is 2. The molecule has 0 saturated heterocycles. The molecule has 0 saturated carbocycles. The van der Waals surface area contributed by atoms with Crippen molar-refractivity contribution in [2.24, 2.45) is 0 Å². The van der Waals surface area contributed by atoms with E-state index in [1.54, 1.807) is 13.0 Å². The third kappa shape index (κ3) is 3.57. The summed E-state index contributed by atoms with van der Waals surface area (Å²) in [5, 5.41) is 3.17. The first-order chi connectivity index (χ1) is 9.79. The summed E-state index contributed by atoms with van der Waals surface area (Å²) in [4.78, 5) is 0. The van der Waals surface area contributed by atoms with Crippen molar-refractivity contribution in [3.05, 3.63) is 64.7 Å². The summed E-state index contributed by atoms with van der Waals surface area (Å²) in [6.07, 6.45) is -4.34. The Bertz CT molecular complexity index is 632. The number of rotatable bonds is 3. The van der Waals surface area contributed by atoms with E-state index >= 15 is 0 Å². The van der Waals surface area contributed by atoms with Crippen molar-refractivity contribution in [2.75, 3.05) is 5.32 Å². The molecule has 0 aliphatic rings. The lowest BCUT2D eigenvalue weighted by Gasteiger charge is -2.21. The number of anilines is 1. The Morgan fingerprint density at radius 1 is 1.00 bits per heavy atom. The minimum absolute atomic E-state index is 0.255. The molecule has 0 bridgehead atoms. The van der Waals surface area contributed by atoms with Crippen LogP contribution in [0.2, 0.25) is 0 Å². The Labute approximate surface area is 122 Å². The van der Waals surface area contributed by atoms with Gasteiger partial charge in [0.15, 0.2) is 0 Å². The maximum atomic E-state index is 13.1. The number of alkyl halides is 3. The van der Waals surface area contributed by atoms with E-state index in [1.807, 2.05) is 32.0 Å². The van der Waals surface area contributed by atoms with Gasteiger partial charge in [-0.25, -0.2) is 0 Å². The lowest BCUT2D eigenvalue weighted by atomic mass is 10.00. The van der Waals surface area contributed by atoms with E-state index in [0.29, 0.717) is 0 Å². The molecule has 0 spiro atoms. The number of hydrogen-bond donors (Lipinski definition) is 1. The van der Waals surface area contributed by atoms with E-state index in [2.05, 4.69) is 5.32 Å². The van der Waals surface area contributed by atoms with Crippen LogP contribution >= 0.6 is 0 Å². The molecule has 0 aliphatic carbocycles. The van der Waals surface area contributed by atoms with E-state index in [1.165, 1.54) is 12.1 Å². The summed E-state index contributed by atoms with van der Waals surface area (Å²) in [6, 6.07) is 11.1. The fourth-order valence-electron chi connectivity index (χ4n) is 2.42. The molecule has 1 atom stereocenters. The number of halogens is 3. The highest BCUT2D eigenvalue weighted by Gasteiger charge is 2.34. The second-order valence-corrected chi connectivity index (χ2v) is 5.27. The van der Waals surface area contributed by atoms with E-state index in [9.17, 15) is 13.2 Å². The van der Waals surface area contributed by atoms with Crippen molar-refractivity contribution >= 4 is 5.69 Å². The molecule has 2 rings (SSSR count). The first-order valence-corrected chi connectivity index (χ1v) is 6.79. The molecule has 4 heteroatoms. The Morgan fingerprint density at radius 3 is 2.29 bits per heavy atom. The second-order valence-electron chi connectivity index (χ2n) is 5.27. The van der Waals surface area contributed by atoms with Crippen molar-refractivity contribution < 1.29 is 13.2 Å². The molecule has 2 aromatic rings. The molecule has 0 radical (unpaired) electrons. The standard InChI is InChI=1S/C17H18F3N/c1-11-8-9-16(12(2)10-11)21-13(3)14-6-4-5-7-15(14)17(18,19)20/h4-10,13,21H,1-3H3. The van der Waals surface area contributed by atoms with E-state index in [-0.39, 0.29) is 5.56 Å². The third-order valence-corrected chi connectivity index (χ3v) is 3.49. The van der Waals surface area contributed by atoms with Gasteiger partial charge in [0, 0.05) is 11.7 Å². The molecular formula is C17H18F3N. The molecule has 1 unspecified atom stereocenters. The highest BCUT2D eigenvalue weighted by Crippen LogP contribution is 2.35. The van der Waals surface area contributed by atoms with Crippen LogP contribution in [0.25, 0.3) is 0 Å². The summed E-state index contributed by atoms with van der Waals surface area (Å²) in [7, 11) is 0. The van der Waals surface area contributed by atoms with E-state index in [0.717, 1.165) is 22.9 Å². The number of nitrogens with one attached hydrogen (secondary N) is 1. The predicted octanol–water partition coefficient (Wildman–Crippen LogP) is 5.50. The normalized spacial score (nSPS) is 13.0. The van der Waals surface area contributed by atoms with Crippen LogP contribution in [0.15, 0.2) is 42.5 Å². The van der Waals surface area contributed by atoms with Crippen molar-refractivity contribution in [3.8, 4) is 0 Å². The van der Waals surface area contributed by atoms with Gasteiger partial charge in [-0.1, -0.05) is 35.9 Å². The maximum absolute atomic E-state index is 13.1. The van der Waals surface area contributed by atoms with Crippen molar-refractivity contribution in [3.63, 3.8) is 0 Å². The van der Waals surface area contributed by atoms with Crippen molar-refractivity contribution in [2.45, 2.75) is 33.0 Å². The molecule has 21 heavy (non-hydrogen) atoms. The molecule has 1 N–H and O–H groups in total. The second kappa shape index (κ2) is 5.80. The van der Waals surface area contributed by atoms with Gasteiger partial charge in [0.1, 0.15) is 0 Å². The van der Waals surface area contributed by atoms with Gasteiger partial charge in [-0.15, -0.1) is 0 Å². The molecule has 0 aromatic heterocycles. The highest BCUT2D eigenvalue weighted by molar-refractivity contribution is 5.53. The minimum atomic E-state index is -4.34. The molecule has 2 aromatic carbocycles. The Hall–Kier alpha value is -1.97. The molecule has 0 aliphatic heterocycles. The lowest BCUT2D eigenvalue weighted by Crippen LogP contribution is -2.15. The quantitative estimate of drug-likeness (QED) is 0.788. The zero-order valence-electron chi connectivity index (χ0n) is 12.3.